The van der Waals surface area contributed by atoms with Gasteiger partial charge in [-0.15, -0.1) is 0 Å². The van der Waals surface area contributed by atoms with E-state index >= 15 is 0 Å². The van der Waals surface area contributed by atoms with Crippen LogP contribution in [0.4, 0.5) is 0 Å². The smallest absolute Gasteiger partial charge is 0.256 e. The van der Waals surface area contributed by atoms with Crippen LogP contribution >= 0.6 is 11.6 Å². The Hall–Kier alpha value is -2.05. The number of halogens is 1. The van der Waals surface area contributed by atoms with E-state index in [9.17, 15) is 9.90 Å². The molecule has 6 nitrogen and oxygen atoms in total. The zero-order valence-electron chi connectivity index (χ0n) is 13.3. The summed E-state index contributed by atoms with van der Waals surface area (Å²) in [5, 5.41) is 17.4. The Bertz CT molecular complexity index is 683. The van der Waals surface area contributed by atoms with Gasteiger partial charge in [-0.3, -0.25) is 9.48 Å². The summed E-state index contributed by atoms with van der Waals surface area (Å²) in [7, 11) is 3.26. The maximum Gasteiger partial charge on any atom is 0.256 e. The van der Waals surface area contributed by atoms with Gasteiger partial charge in [0.25, 0.3) is 5.91 Å². The molecule has 0 radical (unpaired) electrons. The van der Waals surface area contributed by atoms with Gasteiger partial charge in [0.15, 0.2) is 0 Å². The summed E-state index contributed by atoms with van der Waals surface area (Å²) in [6.45, 7) is 1.99. The summed E-state index contributed by atoms with van der Waals surface area (Å²) in [6, 6.07) is 7.02. The standard InChI is InChI=1S/C16H20ClN3O3/c1-4-12-14(15(17)20(2)19-12)16(22)18-9-13(21)10-5-7-11(23-3)8-6-10/h5-8,13,21H,4,9H2,1-3H3,(H,18,22). The van der Waals surface area contributed by atoms with Crippen molar-refractivity contribution >= 4 is 17.5 Å². The molecule has 0 aliphatic rings. The highest BCUT2D eigenvalue weighted by Crippen LogP contribution is 2.20. The molecule has 1 atom stereocenters. The number of nitrogens with one attached hydrogen (secondary N) is 1. The lowest BCUT2D eigenvalue weighted by Crippen LogP contribution is -2.29. The summed E-state index contributed by atoms with van der Waals surface area (Å²) in [4.78, 5) is 12.3. The number of hydrogen-bond acceptors (Lipinski definition) is 4. The fourth-order valence-electron chi connectivity index (χ4n) is 2.25. The van der Waals surface area contributed by atoms with E-state index in [1.807, 2.05) is 6.92 Å². The van der Waals surface area contributed by atoms with Crippen LogP contribution < -0.4 is 10.1 Å². The molecule has 0 spiro atoms. The van der Waals surface area contributed by atoms with E-state index in [2.05, 4.69) is 10.4 Å². The molecule has 124 valence electrons. The number of hydrogen-bond donors (Lipinski definition) is 2. The van der Waals surface area contributed by atoms with Crippen LogP contribution in [-0.4, -0.2) is 34.4 Å². The lowest BCUT2D eigenvalue weighted by molar-refractivity contribution is 0.0915. The fraction of sp³-hybridized carbons (Fsp3) is 0.375. The van der Waals surface area contributed by atoms with Crippen molar-refractivity contribution < 1.29 is 14.6 Å². The molecule has 1 aromatic carbocycles. The Morgan fingerprint density at radius 3 is 2.65 bits per heavy atom. The molecule has 0 bridgehead atoms. The fourth-order valence-corrected chi connectivity index (χ4v) is 2.48. The summed E-state index contributed by atoms with van der Waals surface area (Å²) >= 11 is 6.12. The summed E-state index contributed by atoms with van der Waals surface area (Å²) in [5.41, 5.74) is 1.69. The third-order valence-corrected chi connectivity index (χ3v) is 4.00. The van der Waals surface area contributed by atoms with Crippen LogP contribution in [-0.2, 0) is 13.5 Å². The van der Waals surface area contributed by atoms with E-state index in [0.29, 0.717) is 34.1 Å². The highest BCUT2D eigenvalue weighted by Gasteiger charge is 2.21. The molecule has 2 N–H and O–H groups in total. The molecule has 1 unspecified atom stereocenters. The van der Waals surface area contributed by atoms with Crippen molar-refractivity contribution in [3.05, 3.63) is 46.2 Å². The van der Waals surface area contributed by atoms with Gasteiger partial charge in [0, 0.05) is 13.6 Å². The predicted molar refractivity (Wildman–Crippen MR) is 87.9 cm³/mol. The lowest BCUT2D eigenvalue weighted by Gasteiger charge is -2.13. The van der Waals surface area contributed by atoms with Gasteiger partial charge >= 0.3 is 0 Å². The van der Waals surface area contributed by atoms with Crippen LogP contribution in [0.3, 0.4) is 0 Å². The molecule has 0 fully saturated rings. The van der Waals surface area contributed by atoms with E-state index in [0.717, 1.165) is 0 Å². The molecule has 2 rings (SSSR count). The predicted octanol–water partition coefficient (Wildman–Crippen LogP) is 2.11. The number of nitrogens with zero attached hydrogens (tertiary/aromatic N) is 2. The lowest BCUT2D eigenvalue weighted by atomic mass is 10.1. The topological polar surface area (TPSA) is 76.4 Å². The largest absolute Gasteiger partial charge is 0.497 e. The Balaban J connectivity index is 2.03. The number of ether oxygens (including phenoxy) is 1. The van der Waals surface area contributed by atoms with Crippen molar-refractivity contribution in [1.82, 2.24) is 15.1 Å². The minimum atomic E-state index is -0.814. The highest BCUT2D eigenvalue weighted by molar-refractivity contribution is 6.33. The third kappa shape index (κ3) is 3.83. The van der Waals surface area contributed by atoms with Gasteiger partial charge in [-0.05, 0) is 24.1 Å². The maximum atomic E-state index is 12.3. The van der Waals surface area contributed by atoms with Crippen molar-refractivity contribution in [3.63, 3.8) is 0 Å². The van der Waals surface area contributed by atoms with Gasteiger partial charge < -0.3 is 15.2 Å². The van der Waals surface area contributed by atoms with Gasteiger partial charge in [0.05, 0.1) is 24.5 Å². The van der Waals surface area contributed by atoms with Crippen molar-refractivity contribution in [2.75, 3.05) is 13.7 Å². The SMILES string of the molecule is CCc1nn(C)c(Cl)c1C(=O)NCC(O)c1ccc(OC)cc1. The average molecular weight is 338 g/mol. The maximum absolute atomic E-state index is 12.3. The van der Waals surface area contributed by atoms with Crippen LogP contribution in [0.2, 0.25) is 5.15 Å². The van der Waals surface area contributed by atoms with Crippen molar-refractivity contribution in [3.8, 4) is 5.75 Å². The van der Waals surface area contributed by atoms with Crippen molar-refractivity contribution in [2.24, 2.45) is 7.05 Å². The zero-order valence-corrected chi connectivity index (χ0v) is 14.1. The van der Waals surface area contributed by atoms with E-state index in [1.54, 1.807) is 38.4 Å². The van der Waals surface area contributed by atoms with E-state index in [4.69, 9.17) is 16.3 Å². The molecule has 1 aromatic heterocycles. The Kier molecular flexibility index (Phi) is 5.63. The number of aliphatic hydroxyl groups excluding tert-OH is 1. The number of rotatable bonds is 6. The number of methoxy groups -OCH3 is 1. The van der Waals surface area contributed by atoms with Gasteiger partial charge in [-0.1, -0.05) is 30.7 Å². The summed E-state index contributed by atoms with van der Waals surface area (Å²) in [5.74, 6) is 0.368. The first kappa shape index (κ1) is 17.3. The van der Waals surface area contributed by atoms with Crippen LogP contribution in [0.5, 0.6) is 5.75 Å². The number of carbonyl (C=O) groups is 1. The Morgan fingerprint density at radius 2 is 2.09 bits per heavy atom. The Morgan fingerprint density at radius 1 is 1.43 bits per heavy atom. The first-order chi connectivity index (χ1) is 11.0. The average Bonchev–Trinajstić information content (AvgIpc) is 2.87. The minimum Gasteiger partial charge on any atom is -0.497 e. The molecule has 1 heterocycles. The summed E-state index contributed by atoms with van der Waals surface area (Å²) in [6.07, 6.45) is -0.213. The number of aryl methyl sites for hydroxylation is 2. The van der Waals surface area contributed by atoms with Crippen LogP contribution in [0.1, 0.15) is 34.6 Å². The molecule has 0 saturated heterocycles. The van der Waals surface area contributed by atoms with Gasteiger partial charge in [-0.25, -0.2) is 0 Å². The first-order valence-corrected chi connectivity index (χ1v) is 7.67. The molecule has 2 aromatic rings. The van der Waals surface area contributed by atoms with Gasteiger partial charge in [0.2, 0.25) is 0 Å². The van der Waals surface area contributed by atoms with E-state index in [-0.39, 0.29) is 12.5 Å². The van der Waals surface area contributed by atoms with Crippen molar-refractivity contribution in [1.29, 1.82) is 0 Å². The van der Waals surface area contributed by atoms with E-state index in [1.165, 1.54) is 4.68 Å². The second kappa shape index (κ2) is 7.48. The minimum absolute atomic E-state index is 0.0829. The van der Waals surface area contributed by atoms with Crippen molar-refractivity contribution in [2.45, 2.75) is 19.4 Å². The van der Waals surface area contributed by atoms with Crippen LogP contribution in [0.25, 0.3) is 0 Å². The zero-order chi connectivity index (χ0) is 17.0. The Labute approximate surface area is 140 Å². The number of aromatic nitrogens is 2. The highest BCUT2D eigenvalue weighted by atomic mass is 35.5. The second-order valence-electron chi connectivity index (χ2n) is 5.09. The van der Waals surface area contributed by atoms with E-state index < -0.39 is 6.10 Å². The van der Waals surface area contributed by atoms with Crippen LogP contribution in [0, 0.1) is 0 Å². The monoisotopic (exact) mass is 337 g/mol. The van der Waals surface area contributed by atoms with Crippen LogP contribution in [0.15, 0.2) is 24.3 Å². The number of amides is 1. The molecule has 23 heavy (non-hydrogen) atoms. The molecule has 0 aliphatic carbocycles. The molecular formula is C16H20ClN3O3. The number of aliphatic hydroxyl groups is 1. The first-order valence-electron chi connectivity index (χ1n) is 7.29. The molecule has 1 amide bonds. The summed E-state index contributed by atoms with van der Waals surface area (Å²) < 4.78 is 6.54. The molecular weight excluding hydrogens is 318 g/mol. The second-order valence-corrected chi connectivity index (χ2v) is 5.45. The molecule has 7 heteroatoms. The molecule has 0 aliphatic heterocycles. The number of carbonyl (C=O) groups excluding carboxylic acids is 1. The van der Waals surface area contributed by atoms with Gasteiger partial charge in [0.1, 0.15) is 10.9 Å². The van der Waals surface area contributed by atoms with Gasteiger partial charge in [-0.2, -0.15) is 5.10 Å². The number of benzene rings is 1. The quantitative estimate of drug-likeness (QED) is 0.846. The molecule has 0 saturated carbocycles. The normalized spacial score (nSPS) is 12.0. The third-order valence-electron chi connectivity index (χ3n) is 3.57.